The highest BCUT2D eigenvalue weighted by Gasteiger charge is 2.28. The van der Waals surface area contributed by atoms with Crippen LogP contribution in [-0.4, -0.2) is 14.2 Å². The Morgan fingerprint density at radius 3 is 2.29 bits per heavy atom. The topological polar surface area (TPSA) is 44.5 Å². The predicted molar refractivity (Wildman–Crippen MR) is 84.0 cm³/mol. The van der Waals surface area contributed by atoms with Crippen LogP contribution < -0.4 is 15.2 Å². The number of methoxy groups -OCH3 is 2. The molecule has 2 N–H and O–H groups in total. The van der Waals surface area contributed by atoms with Crippen molar-refractivity contribution < 1.29 is 9.47 Å². The Bertz CT molecular complexity index is 622. The molecular weight excluding hydrogens is 262 g/mol. The third-order valence-corrected chi connectivity index (χ3v) is 4.41. The molecule has 0 heterocycles. The number of benzene rings is 2. The highest BCUT2D eigenvalue weighted by atomic mass is 16.5. The van der Waals surface area contributed by atoms with E-state index in [1.165, 1.54) is 16.7 Å². The lowest BCUT2D eigenvalue weighted by Crippen LogP contribution is -2.25. The number of nitrogens with two attached hydrogens (primary N) is 1. The molecule has 0 saturated carbocycles. The summed E-state index contributed by atoms with van der Waals surface area (Å²) >= 11 is 0. The Hall–Kier alpha value is -2.00. The standard InChI is InChI=1S/C18H21NO2/c1-20-14-7-3-12(4-8-14)16-10-6-13-5-9-15(21-2)11-17(13)18(16)19/h3-5,7-9,11,16,18H,6,10,19H2,1-2H3/t16-,18?/m1/s1. The maximum atomic E-state index is 6.53. The largest absolute Gasteiger partial charge is 0.497 e. The second-order valence-electron chi connectivity index (χ2n) is 5.51. The molecule has 2 aromatic rings. The van der Waals surface area contributed by atoms with Gasteiger partial charge in [-0.15, -0.1) is 0 Å². The van der Waals surface area contributed by atoms with E-state index in [0.717, 1.165) is 24.3 Å². The summed E-state index contributed by atoms with van der Waals surface area (Å²) in [4.78, 5) is 0. The summed E-state index contributed by atoms with van der Waals surface area (Å²) in [5.74, 6) is 2.10. The van der Waals surface area contributed by atoms with E-state index in [-0.39, 0.29) is 6.04 Å². The van der Waals surface area contributed by atoms with Crippen LogP contribution in [0.5, 0.6) is 11.5 Å². The van der Waals surface area contributed by atoms with Gasteiger partial charge in [0.2, 0.25) is 0 Å². The van der Waals surface area contributed by atoms with E-state index in [1.54, 1.807) is 14.2 Å². The molecule has 0 fully saturated rings. The highest BCUT2D eigenvalue weighted by molar-refractivity contribution is 5.42. The molecule has 2 aromatic carbocycles. The second-order valence-corrected chi connectivity index (χ2v) is 5.51. The van der Waals surface area contributed by atoms with Crippen molar-refractivity contribution in [2.75, 3.05) is 14.2 Å². The summed E-state index contributed by atoms with van der Waals surface area (Å²) in [6, 6.07) is 14.5. The summed E-state index contributed by atoms with van der Waals surface area (Å²) in [5.41, 5.74) is 10.4. The van der Waals surface area contributed by atoms with E-state index >= 15 is 0 Å². The third kappa shape index (κ3) is 2.61. The van der Waals surface area contributed by atoms with Gasteiger partial charge in [-0.05, 0) is 53.8 Å². The van der Waals surface area contributed by atoms with Crippen molar-refractivity contribution >= 4 is 0 Å². The number of hydrogen-bond acceptors (Lipinski definition) is 3. The molecule has 0 bridgehead atoms. The molecule has 3 heteroatoms. The first-order valence-electron chi connectivity index (χ1n) is 7.29. The molecular formula is C18H21NO2. The first kappa shape index (κ1) is 14.0. The summed E-state index contributed by atoms with van der Waals surface area (Å²) in [6.45, 7) is 0. The van der Waals surface area contributed by atoms with Crippen LogP contribution in [0.2, 0.25) is 0 Å². The average Bonchev–Trinajstić information content (AvgIpc) is 2.55. The molecule has 110 valence electrons. The zero-order valence-corrected chi connectivity index (χ0v) is 12.5. The average molecular weight is 283 g/mol. The summed E-state index contributed by atoms with van der Waals surface area (Å²) in [5, 5.41) is 0. The van der Waals surface area contributed by atoms with Crippen molar-refractivity contribution in [3.63, 3.8) is 0 Å². The molecule has 0 aromatic heterocycles. The van der Waals surface area contributed by atoms with Gasteiger partial charge in [-0.3, -0.25) is 0 Å². The summed E-state index contributed by atoms with van der Waals surface area (Å²) in [6.07, 6.45) is 2.14. The number of fused-ring (bicyclic) bond motifs is 1. The Kier molecular flexibility index (Phi) is 3.84. The van der Waals surface area contributed by atoms with Crippen molar-refractivity contribution in [1.29, 1.82) is 0 Å². The molecule has 0 spiro atoms. The molecule has 2 atom stereocenters. The Morgan fingerprint density at radius 2 is 1.62 bits per heavy atom. The minimum atomic E-state index is 0.0113. The van der Waals surface area contributed by atoms with Gasteiger partial charge in [0.15, 0.2) is 0 Å². The maximum Gasteiger partial charge on any atom is 0.119 e. The van der Waals surface area contributed by atoms with Crippen LogP contribution in [0, 0.1) is 0 Å². The van der Waals surface area contributed by atoms with E-state index in [0.29, 0.717) is 5.92 Å². The lowest BCUT2D eigenvalue weighted by atomic mass is 9.76. The second kappa shape index (κ2) is 5.78. The Labute approximate surface area is 125 Å². The van der Waals surface area contributed by atoms with Crippen molar-refractivity contribution in [3.8, 4) is 11.5 Å². The molecule has 0 saturated heterocycles. The minimum absolute atomic E-state index is 0.0113. The van der Waals surface area contributed by atoms with Crippen LogP contribution in [0.3, 0.4) is 0 Å². The van der Waals surface area contributed by atoms with Gasteiger partial charge in [0.25, 0.3) is 0 Å². The highest BCUT2D eigenvalue weighted by Crippen LogP contribution is 2.40. The zero-order valence-electron chi connectivity index (χ0n) is 12.5. The lowest BCUT2D eigenvalue weighted by Gasteiger charge is -2.31. The smallest absolute Gasteiger partial charge is 0.119 e. The molecule has 3 rings (SSSR count). The number of hydrogen-bond donors (Lipinski definition) is 1. The Balaban J connectivity index is 1.91. The van der Waals surface area contributed by atoms with Gasteiger partial charge in [0.05, 0.1) is 14.2 Å². The van der Waals surface area contributed by atoms with Crippen LogP contribution in [0.4, 0.5) is 0 Å². The fourth-order valence-corrected chi connectivity index (χ4v) is 3.17. The molecule has 1 aliphatic carbocycles. The van der Waals surface area contributed by atoms with Crippen LogP contribution in [-0.2, 0) is 6.42 Å². The van der Waals surface area contributed by atoms with Crippen LogP contribution in [0.1, 0.15) is 35.1 Å². The molecule has 0 amide bonds. The molecule has 0 radical (unpaired) electrons. The maximum absolute atomic E-state index is 6.53. The summed E-state index contributed by atoms with van der Waals surface area (Å²) < 4.78 is 10.5. The quantitative estimate of drug-likeness (QED) is 0.938. The predicted octanol–water partition coefficient (Wildman–Crippen LogP) is 3.43. The van der Waals surface area contributed by atoms with Crippen LogP contribution in [0.25, 0.3) is 0 Å². The van der Waals surface area contributed by atoms with Gasteiger partial charge in [-0.2, -0.15) is 0 Å². The van der Waals surface area contributed by atoms with Crippen molar-refractivity contribution in [1.82, 2.24) is 0 Å². The lowest BCUT2D eigenvalue weighted by molar-refractivity contribution is 0.410. The fraction of sp³-hybridized carbons (Fsp3) is 0.333. The fourth-order valence-electron chi connectivity index (χ4n) is 3.17. The Morgan fingerprint density at radius 1 is 0.952 bits per heavy atom. The van der Waals surface area contributed by atoms with Gasteiger partial charge >= 0.3 is 0 Å². The van der Waals surface area contributed by atoms with Gasteiger partial charge in [0, 0.05) is 12.0 Å². The van der Waals surface area contributed by atoms with Crippen molar-refractivity contribution in [2.24, 2.45) is 5.73 Å². The van der Waals surface area contributed by atoms with Gasteiger partial charge in [0.1, 0.15) is 11.5 Å². The zero-order chi connectivity index (χ0) is 14.8. The number of ether oxygens (including phenoxy) is 2. The SMILES string of the molecule is COc1ccc([C@H]2CCc3ccc(OC)cc3C2N)cc1. The van der Waals surface area contributed by atoms with Crippen molar-refractivity contribution in [2.45, 2.75) is 24.8 Å². The molecule has 1 unspecified atom stereocenters. The first-order valence-corrected chi connectivity index (χ1v) is 7.29. The van der Waals surface area contributed by atoms with Crippen molar-refractivity contribution in [3.05, 3.63) is 59.2 Å². The summed E-state index contributed by atoms with van der Waals surface area (Å²) in [7, 11) is 3.38. The number of rotatable bonds is 3. The van der Waals surface area contributed by atoms with E-state index < -0.39 is 0 Å². The molecule has 3 nitrogen and oxygen atoms in total. The normalized spacial score (nSPS) is 20.7. The van der Waals surface area contributed by atoms with Gasteiger partial charge in [-0.1, -0.05) is 18.2 Å². The molecule has 21 heavy (non-hydrogen) atoms. The van der Waals surface area contributed by atoms with E-state index in [9.17, 15) is 0 Å². The van der Waals surface area contributed by atoms with Gasteiger partial charge in [-0.25, -0.2) is 0 Å². The third-order valence-electron chi connectivity index (χ3n) is 4.41. The van der Waals surface area contributed by atoms with E-state index in [2.05, 4.69) is 24.3 Å². The first-order chi connectivity index (χ1) is 10.2. The van der Waals surface area contributed by atoms with Crippen LogP contribution >= 0.6 is 0 Å². The minimum Gasteiger partial charge on any atom is -0.497 e. The van der Waals surface area contributed by atoms with E-state index in [4.69, 9.17) is 15.2 Å². The number of aryl methyl sites for hydroxylation is 1. The van der Waals surface area contributed by atoms with Gasteiger partial charge < -0.3 is 15.2 Å². The monoisotopic (exact) mass is 283 g/mol. The van der Waals surface area contributed by atoms with E-state index in [1.807, 2.05) is 18.2 Å². The molecule has 0 aliphatic heterocycles. The van der Waals surface area contributed by atoms with Crippen LogP contribution in [0.15, 0.2) is 42.5 Å². The molecule has 1 aliphatic rings.